The SMILES string of the molecule is COc1cccc(CCNCCCOc2ccccc2)c1. The zero-order chi connectivity index (χ0) is 14.8. The van der Waals surface area contributed by atoms with Crippen LogP contribution in [-0.2, 0) is 6.42 Å². The Labute approximate surface area is 126 Å². The van der Waals surface area contributed by atoms with E-state index in [1.807, 2.05) is 42.5 Å². The van der Waals surface area contributed by atoms with Crippen LogP contribution >= 0.6 is 0 Å². The minimum Gasteiger partial charge on any atom is -0.497 e. The van der Waals surface area contributed by atoms with E-state index in [2.05, 4.69) is 17.4 Å². The predicted molar refractivity (Wildman–Crippen MR) is 86.1 cm³/mol. The summed E-state index contributed by atoms with van der Waals surface area (Å²) in [6.07, 6.45) is 2.02. The van der Waals surface area contributed by atoms with Crippen LogP contribution in [0.4, 0.5) is 0 Å². The first-order chi connectivity index (χ1) is 10.4. The summed E-state index contributed by atoms with van der Waals surface area (Å²) in [6, 6.07) is 18.1. The molecule has 0 aliphatic rings. The van der Waals surface area contributed by atoms with Gasteiger partial charge in [0.05, 0.1) is 13.7 Å². The Kier molecular flexibility index (Phi) is 6.62. The van der Waals surface area contributed by atoms with Crippen LogP contribution in [0.2, 0.25) is 0 Å². The van der Waals surface area contributed by atoms with Crippen molar-refractivity contribution in [2.75, 3.05) is 26.8 Å². The summed E-state index contributed by atoms with van der Waals surface area (Å²) in [5.41, 5.74) is 1.29. The van der Waals surface area contributed by atoms with Crippen molar-refractivity contribution in [2.45, 2.75) is 12.8 Å². The van der Waals surface area contributed by atoms with Crippen LogP contribution in [0, 0.1) is 0 Å². The van der Waals surface area contributed by atoms with Crippen molar-refractivity contribution in [2.24, 2.45) is 0 Å². The minimum absolute atomic E-state index is 0.746. The fourth-order valence-electron chi connectivity index (χ4n) is 2.09. The predicted octanol–water partition coefficient (Wildman–Crippen LogP) is 3.30. The van der Waals surface area contributed by atoms with E-state index >= 15 is 0 Å². The van der Waals surface area contributed by atoms with Crippen molar-refractivity contribution in [1.29, 1.82) is 0 Å². The number of hydrogen-bond donors (Lipinski definition) is 1. The number of rotatable bonds is 9. The number of nitrogens with one attached hydrogen (secondary N) is 1. The fraction of sp³-hybridized carbons (Fsp3) is 0.333. The third-order valence-corrected chi connectivity index (χ3v) is 3.23. The summed E-state index contributed by atoms with van der Waals surface area (Å²) >= 11 is 0. The number of para-hydroxylation sites is 1. The quantitative estimate of drug-likeness (QED) is 0.717. The topological polar surface area (TPSA) is 30.5 Å². The van der Waals surface area contributed by atoms with Crippen LogP contribution in [0.1, 0.15) is 12.0 Å². The van der Waals surface area contributed by atoms with E-state index in [0.717, 1.165) is 44.0 Å². The zero-order valence-electron chi connectivity index (χ0n) is 12.5. The van der Waals surface area contributed by atoms with Gasteiger partial charge >= 0.3 is 0 Å². The molecule has 0 spiro atoms. The molecular weight excluding hydrogens is 262 g/mol. The summed E-state index contributed by atoms with van der Waals surface area (Å²) in [5.74, 6) is 1.86. The van der Waals surface area contributed by atoms with Gasteiger partial charge in [-0.3, -0.25) is 0 Å². The van der Waals surface area contributed by atoms with Gasteiger partial charge in [0.1, 0.15) is 11.5 Å². The first-order valence-corrected chi connectivity index (χ1v) is 7.40. The molecule has 21 heavy (non-hydrogen) atoms. The molecule has 0 aliphatic carbocycles. The summed E-state index contributed by atoms with van der Waals surface area (Å²) in [6.45, 7) is 2.69. The fourth-order valence-corrected chi connectivity index (χ4v) is 2.09. The first kappa shape index (κ1) is 15.4. The van der Waals surface area contributed by atoms with Gasteiger partial charge in [-0.05, 0) is 55.8 Å². The highest BCUT2D eigenvalue weighted by Gasteiger charge is 1.96. The Morgan fingerprint density at radius 1 is 0.905 bits per heavy atom. The van der Waals surface area contributed by atoms with E-state index in [1.165, 1.54) is 5.56 Å². The molecule has 0 amide bonds. The zero-order valence-corrected chi connectivity index (χ0v) is 12.5. The Morgan fingerprint density at radius 2 is 1.71 bits per heavy atom. The summed E-state index contributed by atoms with van der Waals surface area (Å²) in [5, 5.41) is 3.44. The van der Waals surface area contributed by atoms with Crippen LogP contribution in [-0.4, -0.2) is 26.8 Å². The van der Waals surface area contributed by atoms with E-state index in [4.69, 9.17) is 9.47 Å². The van der Waals surface area contributed by atoms with Crippen LogP contribution in [0.5, 0.6) is 11.5 Å². The maximum atomic E-state index is 5.64. The molecule has 2 aromatic carbocycles. The molecule has 0 saturated carbocycles. The lowest BCUT2D eigenvalue weighted by Gasteiger charge is -2.08. The Balaban J connectivity index is 1.54. The van der Waals surface area contributed by atoms with Crippen LogP contribution in [0.15, 0.2) is 54.6 Å². The van der Waals surface area contributed by atoms with Gasteiger partial charge in [0.15, 0.2) is 0 Å². The van der Waals surface area contributed by atoms with E-state index in [1.54, 1.807) is 7.11 Å². The van der Waals surface area contributed by atoms with E-state index in [-0.39, 0.29) is 0 Å². The Hall–Kier alpha value is -2.00. The summed E-state index contributed by atoms with van der Waals surface area (Å²) in [4.78, 5) is 0. The Morgan fingerprint density at radius 3 is 2.52 bits per heavy atom. The van der Waals surface area contributed by atoms with Gasteiger partial charge in [-0.25, -0.2) is 0 Å². The molecule has 3 nitrogen and oxygen atoms in total. The second-order valence-corrected chi connectivity index (χ2v) is 4.87. The third-order valence-electron chi connectivity index (χ3n) is 3.23. The molecule has 3 heteroatoms. The lowest BCUT2D eigenvalue weighted by Crippen LogP contribution is -2.20. The van der Waals surface area contributed by atoms with Crippen LogP contribution in [0.25, 0.3) is 0 Å². The van der Waals surface area contributed by atoms with Gasteiger partial charge in [0.2, 0.25) is 0 Å². The molecule has 0 saturated heterocycles. The minimum atomic E-state index is 0.746. The highest BCUT2D eigenvalue weighted by atomic mass is 16.5. The standard InChI is InChI=1S/C18H23NO2/c1-20-18-10-5-7-16(15-18)11-13-19-12-6-14-21-17-8-3-2-4-9-17/h2-5,7-10,15,19H,6,11-14H2,1H3. The van der Waals surface area contributed by atoms with Crippen LogP contribution < -0.4 is 14.8 Å². The summed E-state index contributed by atoms with van der Waals surface area (Å²) < 4.78 is 10.9. The van der Waals surface area contributed by atoms with Crippen molar-refractivity contribution in [3.05, 3.63) is 60.2 Å². The van der Waals surface area contributed by atoms with Gasteiger partial charge in [-0.1, -0.05) is 30.3 Å². The molecule has 112 valence electrons. The normalized spacial score (nSPS) is 10.3. The molecule has 0 aromatic heterocycles. The maximum Gasteiger partial charge on any atom is 0.119 e. The highest BCUT2D eigenvalue weighted by Crippen LogP contribution is 2.12. The monoisotopic (exact) mass is 285 g/mol. The van der Waals surface area contributed by atoms with Gasteiger partial charge in [-0.2, -0.15) is 0 Å². The van der Waals surface area contributed by atoms with Crippen molar-refractivity contribution in [3.8, 4) is 11.5 Å². The van der Waals surface area contributed by atoms with Crippen molar-refractivity contribution >= 4 is 0 Å². The van der Waals surface area contributed by atoms with Gasteiger partial charge in [0, 0.05) is 0 Å². The number of ether oxygens (including phenoxy) is 2. The number of benzene rings is 2. The molecular formula is C18H23NO2. The average molecular weight is 285 g/mol. The molecule has 0 heterocycles. The molecule has 0 atom stereocenters. The molecule has 0 fully saturated rings. The Bertz CT molecular complexity index is 514. The molecule has 0 radical (unpaired) electrons. The van der Waals surface area contributed by atoms with Crippen LogP contribution in [0.3, 0.4) is 0 Å². The number of methoxy groups -OCH3 is 1. The van der Waals surface area contributed by atoms with Crippen molar-refractivity contribution in [1.82, 2.24) is 5.32 Å². The van der Waals surface area contributed by atoms with Gasteiger partial charge < -0.3 is 14.8 Å². The molecule has 2 rings (SSSR count). The highest BCUT2D eigenvalue weighted by molar-refractivity contribution is 5.28. The van der Waals surface area contributed by atoms with E-state index in [9.17, 15) is 0 Å². The second kappa shape index (κ2) is 9.03. The largest absolute Gasteiger partial charge is 0.497 e. The second-order valence-electron chi connectivity index (χ2n) is 4.87. The van der Waals surface area contributed by atoms with Crippen molar-refractivity contribution in [3.63, 3.8) is 0 Å². The summed E-state index contributed by atoms with van der Waals surface area (Å²) in [7, 11) is 1.70. The van der Waals surface area contributed by atoms with Gasteiger partial charge in [-0.15, -0.1) is 0 Å². The molecule has 0 aliphatic heterocycles. The molecule has 0 bridgehead atoms. The molecule has 0 unspecified atom stereocenters. The van der Waals surface area contributed by atoms with Crippen molar-refractivity contribution < 1.29 is 9.47 Å². The van der Waals surface area contributed by atoms with E-state index < -0.39 is 0 Å². The van der Waals surface area contributed by atoms with Gasteiger partial charge in [0.25, 0.3) is 0 Å². The lowest BCUT2D eigenvalue weighted by molar-refractivity contribution is 0.308. The van der Waals surface area contributed by atoms with E-state index in [0.29, 0.717) is 0 Å². The smallest absolute Gasteiger partial charge is 0.119 e. The molecule has 1 N–H and O–H groups in total. The average Bonchev–Trinajstić information content (AvgIpc) is 2.55. The first-order valence-electron chi connectivity index (χ1n) is 7.40. The lowest BCUT2D eigenvalue weighted by atomic mass is 10.1. The third kappa shape index (κ3) is 5.88. The number of hydrogen-bond acceptors (Lipinski definition) is 3. The molecule has 2 aromatic rings. The maximum absolute atomic E-state index is 5.64.